The molecule has 0 radical (unpaired) electrons. The van der Waals surface area contributed by atoms with E-state index in [1.165, 1.54) is 0 Å². The van der Waals surface area contributed by atoms with Gasteiger partial charge in [-0.15, -0.1) is 0 Å². The van der Waals surface area contributed by atoms with Crippen molar-refractivity contribution in [1.82, 2.24) is 0 Å². The molecule has 22 heavy (non-hydrogen) atoms. The molecular formula is C16H21NO5. The number of esters is 1. The molecule has 0 fully saturated rings. The normalized spacial score (nSPS) is 13.0. The summed E-state index contributed by atoms with van der Waals surface area (Å²) in [6.45, 7) is 2.76. The van der Waals surface area contributed by atoms with E-state index in [1.54, 1.807) is 28.3 Å². The van der Waals surface area contributed by atoms with Crippen molar-refractivity contribution in [2.24, 2.45) is 4.99 Å². The third-order valence-corrected chi connectivity index (χ3v) is 3.50. The number of ether oxygens (including phenoxy) is 4. The molecule has 0 aromatic heterocycles. The van der Waals surface area contributed by atoms with Crippen LogP contribution >= 0.6 is 0 Å². The molecule has 0 saturated carbocycles. The summed E-state index contributed by atoms with van der Waals surface area (Å²) in [4.78, 5) is 16.3. The highest BCUT2D eigenvalue weighted by atomic mass is 16.5. The Labute approximate surface area is 130 Å². The van der Waals surface area contributed by atoms with E-state index < -0.39 is 0 Å². The second-order valence-corrected chi connectivity index (χ2v) is 4.74. The zero-order valence-corrected chi connectivity index (χ0v) is 13.4. The quantitative estimate of drug-likeness (QED) is 0.752. The van der Waals surface area contributed by atoms with E-state index in [2.05, 4.69) is 4.99 Å². The Kier molecular flexibility index (Phi) is 5.25. The number of carbonyl (C=O) groups is 1. The minimum absolute atomic E-state index is 0.118. The number of rotatable bonds is 6. The van der Waals surface area contributed by atoms with E-state index >= 15 is 0 Å². The SMILES string of the molecule is CCOC(=O)CC1=NCCc2cc(OC)c(OC)c(OC)c21. The van der Waals surface area contributed by atoms with Crippen LogP contribution in [0.3, 0.4) is 0 Å². The molecule has 0 spiro atoms. The maximum atomic E-state index is 11.8. The first-order valence-electron chi connectivity index (χ1n) is 7.17. The van der Waals surface area contributed by atoms with E-state index in [9.17, 15) is 4.79 Å². The van der Waals surface area contributed by atoms with Crippen LogP contribution in [0, 0.1) is 0 Å². The molecule has 120 valence electrons. The van der Waals surface area contributed by atoms with Gasteiger partial charge in [-0.3, -0.25) is 9.79 Å². The monoisotopic (exact) mass is 307 g/mol. The predicted octanol–water partition coefficient (Wildman–Crippen LogP) is 2.01. The summed E-state index contributed by atoms with van der Waals surface area (Å²) in [5, 5.41) is 0. The van der Waals surface area contributed by atoms with Gasteiger partial charge in [0.15, 0.2) is 11.5 Å². The minimum Gasteiger partial charge on any atom is -0.493 e. The number of nitrogens with zero attached hydrogens (tertiary/aromatic N) is 1. The van der Waals surface area contributed by atoms with Gasteiger partial charge in [0, 0.05) is 12.1 Å². The lowest BCUT2D eigenvalue weighted by Gasteiger charge is -2.23. The van der Waals surface area contributed by atoms with Crippen molar-refractivity contribution in [2.75, 3.05) is 34.5 Å². The molecule has 0 saturated heterocycles. The van der Waals surface area contributed by atoms with E-state index in [0.29, 0.717) is 36.1 Å². The lowest BCUT2D eigenvalue weighted by molar-refractivity contribution is -0.141. The first-order valence-corrected chi connectivity index (χ1v) is 7.17. The number of hydrogen-bond donors (Lipinski definition) is 0. The largest absolute Gasteiger partial charge is 0.493 e. The highest BCUT2D eigenvalue weighted by molar-refractivity contribution is 6.13. The molecule has 1 heterocycles. The first-order chi connectivity index (χ1) is 10.7. The Morgan fingerprint density at radius 2 is 1.91 bits per heavy atom. The van der Waals surface area contributed by atoms with Crippen LogP contribution in [0.4, 0.5) is 0 Å². The molecule has 6 heteroatoms. The molecule has 1 aliphatic heterocycles. The molecule has 1 aromatic rings. The predicted molar refractivity (Wildman–Crippen MR) is 82.5 cm³/mol. The topological polar surface area (TPSA) is 66.4 Å². The van der Waals surface area contributed by atoms with E-state index in [0.717, 1.165) is 17.5 Å². The second kappa shape index (κ2) is 7.15. The molecule has 0 atom stereocenters. The average molecular weight is 307 g/mol. The van der Waals surface area contributed by atoms with Gasteiger partial charge >= 0.3 is 5.97 Å². The van der Waals surface area contributed by atoms with E-state index in [1.807, 2.05) is 6.07 Å². The van der Waals surface area contributed by atoms with Crippen molar-refractivity contribution in [1.29, 1.82) is 0 Å². The molecule has 0 amide bonds. The van der Waals surface area contributed by atoms with Crippen LogP contribution in [-0.2, 0) is 16.0 Å². The van der Waals surface area contributed by atoms with Crippen LogP contribution in [-0.4, -0.2) is 46.2 Å². The Hall–Kier alpha value is -2.24. The molecule has 1 aromatic carbocycles. The lowest BCUT2D eigenvalue weighted by Crippen LogP contribution is -2.19. The summed E-state index contributed by atoms with van der Waals surface area (Å²) in [5.41, 5.74) is 2.50. The molecular weight excluding hydrogens is 286 g/mol. The molecule has 0 unspecified atom stereocenters. The number of aliphatic imine (C=N–C) groups is 1. The Morgan fingerprint density at radius 3 is 2.50 bits per heavy atom. The van der Waals surface area contributed by atoms with Crippen LogP contribution in [0.5, 0.6) is 17.2 Å². The third-order valence-electron chi connectivity index (χ3n) is 3.50. The van der Waals surface area contributed by atoms with Crippen LogP contribution in [0.15, 0.2) is 11.1 Å². The van der Waals surface area contributed by atoms with Crippen molar-refractivity contribution in [3.8, 4) is 17.2 Å². The van der Waals surface area contributed by atoms with Gasteiger partial charge in [-0.25, -0.2) is 0 Å². The Morgan fingerprint density at radius 1 is 1.18 bits per heavy atom. The molecule has 0 N–H and O–H groups in total. The fraction of sp³-hybridized carbons (Fsp3) is 0.500. The first kappa shape index (κ1) is 16.1. The number of carbonyl (C=O) groups excluding carboxylic acids is 1. The zero-order chi connectivity index (χ0) is 16.1. The van der Waals surface area contributed by atoms with Crippen molar-refractivity contribution < 1.29 is 23.7 Å². The molecule has 0 aliphatic carbocycles. The molecule has 2 rings (SSSR count). The van der Waals surface area contributed by atoms with Crippen molar-refractivity contribution in [2.45, 2.75) is 19.8 Å². The number of methoxy groups -OCH3 is 3. The van der Waals surface area contributed by atoms with E-state index in [4.69, 9.17) is 18.9 Å². The lowest BCUT2D eigenvalue weighted by atomic mass is 9.94. The van der Waals surface area contributed by atoms with E-state index in [-0.39, 0.29) is 12.4 Å². The number of hydrogen-bond acceptors (Lipinski definition) is 6. The fourth-order valence-corrected chi connectivity index (χ4v) is 2.60. The summed E-state index contributed by atoms with van der Waals surface area (Å²) < 4.78 is 21.3. The van der Waals surface area contributed by atoms with Crippen molar-refractivity contribution in [3.63, 3.8) is 0 Å². The van der Waals surface area contributed by atoms with Crippen LogP contribution < -0.4 is 14.2 Å². The minimum atomic E-state index is -0.300. The van der Waals surface area contributed by atoms with Crippen molar-refractivity contribution >= 4 is 11.7 Å². The number of benzene rings is 1. The highest BCUT2D eigenvalue weighted by Gasteiger charge is 2.27. The van der Waals surface area contributed by atoms with Gasteiger partial charge in [0.1, 0.15) is 0 Å². The maximum absolute atomic E-state index is 11.8. The van der Waals surface area contributed by atoms with Gasteiger partial charge in [-0.2, -0.15) is 0 Å². The smallest absolute Gasteiger partial charge is 0.311 e. The van der Waals surface area contributed by atoms with Crippen LogP contribution in [0.25, 0.3) is 0 Å². The number of fused-ring (bicyclic) bond motifs is 1. The average Bonchev–Trinajstić information content (AvgIpc) is 2.53. The standard InChI is InChI=1S/C16H21NO5/c1-5-22-13(18)9-11-14-10(6-7-17-11)8-12(19-2)15(20-3)16(14)21-4/h8H,5-7,9H2,1-4H3. The summed E-state index contributed by atoms with van der Waals surface area (Å²) in [5.74, 6) is 1.35. The maximum Gasteiger partial charge on any atom is 0.311 e. The van der Waals surface area contributed by atoms with Gasteiger partial charge in [0.25, 0.3) is 0 Å². The van der Waals surface area contributed by atoms with Gasteiger partial charge < -0.3 is 18.9 Å². The van der Waals surface area contributed by atoms with Gasteiger partial charge in [-0.1, -0.05) is 0 Å². The summed E-state index contributed by atoms with van der Waals surface area (Å²) >= 11 is 0. The third kappa shape index (κ3) is 3.00. The molecule has 1 aliphatic rings. The Balaban J connectivity index is 2.50. The zero-order valence-electron chi connectivity index (χ0n) is 13.4. The van der Waals surface area contributed by atoms with Crippen LogP contribution in [0.2, 0.25) is 0 Å². The van der Waals surface area contributed by atoms with Gasteiger partial charge in [-0.05, 0) is 25.0 Å². The Bertz CT molecular complexity index is 595. The molecule has 0 bridgehead atoms. The highest BCUT2D eigenvalue weighted by Crippen LogP contribution is 2.43. The fourth-order valence-electron chi connectivity index (χ4n) is 2.60. The molecule has 6 nitrogen and oxygen atoms in total. The van der Waals surface area contributed by atoms with Gasteiger partial charge in [0.2, 0.25) is 5.75 Å². The van der Waals surface area contributed by atoms with Crippen LogP contribution in [0.1, 0.15) is 24.5 Å². The summed E-state index contributed by atoms with van der Waals surface area (Å²) in [7, 11) is 4.70. The summed E-state index contributed by atoms with van der Waals surface area (Å²) in [6.07, 6.45) is 0.880. The van der Waals surface area contributed by atoms with Crippen molar-refractivity contribution in [3.05, 3.63) is 17.2 Å². The van der Waals surface area contributed by atoms with Gasteiger partial charge in [0.05, 0.1) is 40.1 Å². The summed E-state index contributed by atoms with van der Waals surface area (Å²) in [6, 6.07) is 1.91. The second-order valence-electron chi connectivity index (χ2n) is 4.74.